The fraction of sp³-hybridized carbons (Fsp3) is 0.923. The van der Waals surface area contributed by atoms with Crippen LogP contribution in [0.1, 0.15) is 47.5 Å². The smallest absolute Gasteiger partial charge is 0.407 e. The van der Waals surface area contributed by atoms with Gasteiger partial charge in [0.2, 0.25) is 0 Å². The summed E-state index contributed by atoms with van der Waals surface area (Å²) < 4.78 is 5.25. The predicted octanol–water partition coefficient (Wildman–Crippen LogP) is 2.29. The molecule has 1 heterocycles. The van der Waals surface area contributed by atoms with E-state index in [-0.39, 0.29) is 12.1 Å². The van der Waals surface area contributed by atoms with Crippen LogP contribution < -0.4 is 10.6 Å². The highest BCUT2D eigenvalue weighted by Gasteiger charge is 2.29. The van der Waals surface area contributed by atoms with Gasteiger partial charge >= 0.3 is 6.09 Å². The molecule has 0 aromatic rings. The van der Waals surface area contributed by atoms with Crippen LogP contribution in [0.15, 0.2) is 0 Å². The maximum absolute atomic E-state index is 11.6. The van der Waals surface area contributed by atoms with Gasteiger partial charge in [0.05, 0.1) is 0 Å². The second-order valence-electron chi connectivity index (χ2n) is 5.94. The van der Waals surface area contributed by atoms with Gasteiger partial charge in [-0.3, -0.25) is 0 Å². The zero-order valence-corrected chi connectivity index (χ0v) is 11.7. The lowest BCUT2D eigenvalue weighted by Gasteiger charge is -2.24. The van der Waals surface area contributed by atoms with Crippen molar-refractivity contribution in [3.63, 3.8) is 0 Å². The topological polar surface area (TPSA) is 50.4 Å². The van der Waals surface area contributed by atoms with Crippen molar-refractivity contribution in [1.29, 1.82) is 0 Å². The number of carbonyl (C=O) groups is 1. The second-order valence-corrected chi connectivity index (χ2v) is 5.94. The van der Waals surface area contributed by atoms with Crippen LogP contribution in [-0.4, -0.2) is 30.3 Å². The third kappa shape index (κ3) is 4.94. The minimum atomic E-state index is -0.427. The molecular formula is C13H26N2O2. The summed E-state index contributed by atoms with van der Waals surface area (Å²) in [6.45, 7) is 10.8. The molecule has 100 valence electrons. The molecule has 1 amide bonds. The van der Waals surface area contributed by atoms with Gasteiger partial charge in [0, 0.05) is 18.6 Å². The van der Waals surface area contributed by atoms with Crippen molar-refractivity contribution in [3.05, 3.63) is 0 Å². The molecule has 4 heteroatoms. The molecule has 3 unspecified atom stereocenters. The normalized spacial score (nSPS) is 26.6. The van der Waals surface area contributed by atoms with Crippen LogP contribution in [0.5, 0.6) is 0 Å². The molecule has 4 nitrogen and oxygen atoms in total. The third-order valence-corrected chi connectivity index (χ3v) is 3.20. The Morgan fingerprint density at radius 3 is 2.65 bits per heavy atom. The molecule has 0 aliphatic carbocycles. The molecular weight excluding hydrogens is 216 g/mol. The summed E-state index contributed by atoms with van der Waals surface area (Å²) in [7, 11) is 0. The fourth-order valence-electron chi connectivity index (χ4n) is 2.15. The van der Waals surface area contributed by atoms with Gasteiger partial charge in [-0.25, -0.2) is 4.79 Å². The lowest BCUT2D eigenvalue weighted by atomic mass is 9.97. The van der Waals surface area contributed by atoms with E-state index in [1.807, 2.05) is 27.7 Å². The van der Waals surface area contributed by atoms with E-state index in [4.69, 9.17) is 4.74 Å². The van der Waals surface area contributed by atoms with E-state index in [0.29, 0.717) is 12.0 Å². The Balaban J connectivity index is 2.34. The van der Waals surface area contributed by atoms with Crippen LogP contribution in [0.3, 0.4) is 0 Å². The number of nitrogens with one attached hydrogen (secondary N) is 2. The highest BCUT2D eigenvalue weighted by molar-refractivity contribution is 5.68. The molecule has 1 aliphatic heterocycles. The Kier molecular flexibility index (Phi) is 4.80. The molecule has 1 saturated heterocycles. The Morgan fingerprint density at radius 2 is 2.18 bits per heavy atom. The van der Waals surface area contributed by atoms with E-state index < -0.39 is 5.60 Å². The number of hydrogen-bond acceptors (Lipinski definition) is 3. The molecule has 2 N–H and O–H groups in total. The lowest BCUT2D eigenvalue weighted by molar-refractivity contribution is 0.0494. The molecule has 1 rings (SSSR count). The average Bonchev–Trinajstić information content (AvgIpc) is 2.62. The molecule has 17 heavy (non-hydrogen) atoms. The first-order valence-corrected chi connectivity index (χ1v) is 6.54. The van der Waals surface area contributed by atoms with Gasteiger partial charge in [0.15, 0.2) is 0 Å². The maximum Gasteiger partial charge on any atom is 0.407 e. The Labute approximate surface area is 104 Å². The first kappa shape index (κ1) is 14.3. The number of alkyl carbamates (subject to hydrolysis) is 1. The summed E-state index contributed by atoms with van der Waals surface area (Å²) >= 11 is 0. The van der Waals surface area contributed by atoms with Crippen molar-refractivity contribution in [3.8, 4) is 0 Å². The van der Waals surface area contributed by atoms with Gasteiger partial charge in [-0.2, -0.15) is 0 Å². The van der Waals surface area contributed by atoms with Crippen molar-refractivity contribution in [2.75, 3.05) is 6.54 Å². The highest BCUT2D eigenvalue weighted by atomic mass is 16.6. The van der Waals surface area contributed by atoms with E-state index in [2.05, 4.69) is 17.6 Å². The van der Waals surface area contributed by atoms with Gasteiger partial charge in [-0.05, 0) is 46.5 Å². The lowest BCUT2D eigenvalue weighted by Crippen LogP contribution is -2.41. The number of hydrogen-bond donors (Lipinski definition) is 2. The monoisotopic (exact) mass is 242 g/mol. The molecule has 0 radical (unpaired) electrons. The first-order chi connectivity index (χ1) is 7.81. The zero-order valence-electron chi connectivity index (χ0n) is 11.7. The summed E-state index contributed by atoms with van der Waals surface area (Å²) in [6, 6.07) is 0.761. The van der Waals surface area contributed by atoms with E-state index >= 15 is 0 Å². The number of carbonyl (C=O) groups excluding carboxylic acids is 1. The largest absolute Gasteiger partial charge is 0.444 e. The quantitative estimate of drug-likeness (QED) is 0.798. The number of ether oxygens (including phenoxy) is 1. The van der Waals surface area contributed by atoms with E-state index in [9.17, 15) is 4.79 Å². The Bertz CT molecular complexity index is 261. The molecule has 0 spiro atoms. The molecule has 0 aromatic heterocycles. The molecule has 0 saturated carbocycles. The minimum absolute atomic E-state index is 0.161. The maximum atomic E-state index is 11.6. The van der Waals surface area contributed by atoms with Crippen molar-refractivity contribution in [1.82, 2.24) is 10.6 Å². The molecule has 1 fully saturated rings. The van der Waals surface area contributed by atoms with E-state index in [1.54, 1.807) is 0 Å². The summed E-state index contributed by atoms with van der Waals surface area (Å²) in [6.07, 6.45) is 1.97. The van der Waals surface area contributed by atoms with E-state index in [0.717, 1.165) is 19.4 Å². The Morgan fingerprint density at radius 1 is 1.53 bits per heavy atom. The van der Waals surface area contributed by atoms with Gasteiger partial charge in [-0.1, -0.05) is 6.92 Å². The average molecular weight is 242 g/mol. The SMILES string of the molecule is CCC1CC(C(C)NC(=O)OC(C)(C)C)CN1. The van der Waals surface area contributed by atoms with Crippen LogP contribution in [0, 0.1) is 5.92 Å². The summed E-state index contributed by atoms with van der Waals surface area (Å²) in [5.74, 6) is 0.507. The van der Waals surface area contributed by atoms with Crippen LogP contribution in [0.4, 0.5) is 4.79 Å². The van der Waals surface area contributed by atoms with Crippen molar-refractivity contribution in [2.24, 2.45) is 5.92 Å². The number of rotatable bonds is 3. The number of amides is 1. The van der Waals surface area contributed by atoms with Gasteiger partial charge in [-0.15, -0.1) is 0 Å². The fourth-order valence-corrected chi connectivity index (χ4v) is 2.15. The van der Waals surface area contributed by atoms with Crippen molar-refractivity contribution in [2.45, 2.75) is 65.1 Å². The molecule has 3 atom stereocenters. The first-order valence-electron chi connectivity index (χ1n) is 6.54. The molecule has 0 aromatic carbocycles. The van der Waals surface area contributed by atoms with Gasteiger partial charge < -0.3 is 15.4 Å². The zero-order chi connectivity index (χ0) is 13.1. The summed E-state index contributed by atoms with van der Waals surface area (Å²) in [4.78, 5) is 11.6. The molecule has 0 bridgehead atoms. The highest BCUT2D eigenvalue weighted by Crippen LogP contribution is 2.19. The van der Waals surface area contributed by atoms with E-state index in [1.165, 1.54) is 0 Å². The van der Waals surface area contributed by atoms with Crippen molar-refractivity contribution < 1.29 is 9.53 Å². The van der Waals surface area contributed by atoms with Crippen LogP contribution in [-0.2, 0) is 4.74 Å². The predicted molar refractivity (Wildman–Crippen MR) is 69.0 cm³/mol. The van der Waals surface area contributed by atoms with Crippen LogP contribution in [0.2, 0.25) is 0 Å². The molecule has 1 aliphatic rings. The van der Waals surface area contributed by atoms with Crippen LogP contribution in [0.25, 0.3) is 0 Å². The standard InChI is InChI=1S/C13H26N2O2/c1-6-11-7-10(8-14-11)9(2)15-12(16)17-13(3,4)5/h9-11,14H,6-8H2,1-5H3,(H,15,16). The Hall–Kier alpha value is -0.770. The second kappa shape index (κ2) is 5.71. The third-order valence-electron chi connectivity index (χ3n) is 3.20. The van der Waals surface area contributed by atoms with Crippen molar-refractivity contribution >= 4 is 6.09 Å². The van der Waals surface area contributed by atoms with Crippen LogP contribution >= 0.6 is 0 Å². The summed E-state index contributed by atoms with van der Waals surface area (Å²) in [5, 5.41) is 6.39. The minimum Gasteiger partial charge on any atom is -0.444 e. The summed E-state index contributed by atoms with van der Waals surface area (Å²) in [5.41, 5.74) is -0.427. The van der Waals surface area contributed by atoms with Gasteiger partial charge in [0.1, 0.15) is 5.60 Å². The van der Waals surface area contributed by atoms with Gasteiger partial charge in [0.25, 0.3) is 0 Å².